The number of amides is 1. The summed E-state index contributed by atoms with van der Waals surface area (Å²) in [6.45, 7) is 9.60. The van der Waals surface area contributed by atoms with Crippen molar-refractivity contribution < 1.29 is 9.59 Å². The number of anilines is 1. The number of halogens is 1. The van der Waals surface area contributed by atoms with Crippen molar-refractivity contribution in [2.75, 3.05) is 18.8 Å². The molecule has 1 unspecified atom stereocenters. The van der Waals surface area contributed by atoms with Gasteiger partial charge in [0, 0.05) is 19.3 Å². The zero-order chi connectivity index (χ0) is 17.4. The van der Waals surface area contributed by atoms with Crippen LogP contribution < -0.4 is 5.73 Å². The molecule has 0 saturated carbocycles. The lowest BCUT2D eigenvalue weighted by atomic mass is 9.95. The fraction of sp³-hybridized carbons (Fsp3) is 0.625. The van der Waals surface area contributed by atoms with Gasteiger partial charge in [0.2, 0.25) is 0 Å². The highest BCUT2D eigenvalue weighted by atomic mass is 35.5. The van der Waals surface area contributed by atoms with Gasteiger partial charge < -0.3 is 15.4 Å². The quantitative estimate of drug-likeness (QED) is 0.813. The molecule has 1 aliphatic heterocycles. The van der Waals surface area contributed by atoms with Gasteiger partial charge in [-0.2, -0.15) is 0 Å². The molecule has 0 aliphatic carbocycles. The third-order valence-electron chi connectivity index (χ3n) is 5.11. The maximum Gasteiger partial charge on any atom is 0.274 e. The van der Waals surface area contributed by atoms with Crippen molar-refractivity contribution in [2.24, 2.45) is 5.92 Å². The minimum absolute atomic E-state index is 0.0751. The summed E-state index contributed by atoms with van der Waals surface area (Å²) in [6, 6.07) is 1.55. The number of likely N-dealkylation sites (tertiary alicyclic amines) is 1. The lowest BCUT2D eigenvalue weighted by molar-refractivity contribution is 0.0781. The standard InChI is InChI=1S/C16H26ClN3O2Si/c1-16(2,23(3,4)22)8-11-5-6-20(10-11)15(21)14-13(18)7-12(17)9-19-14/h7,9,11,22H,5-6,8,10,18H2,1-4H3. The number of nitrogens with zero attached hydrogens (tertiary/aromatic N) is 2. The predicted octanol–water partition coefficient (Wildman–Crippen LogP) is 3.15. The second kappa shape index (κ2) is 6.41. The summed E-state index contributed by atoms with van der Waals surface area (Å²) in [6.07, 6.45) is 3.32. The van der Waals surface area contributed by atoms with Crippen LogP contribution in [0.5, 0.6) is 0 Å². The molecule has 2 heterocycles. The first-order valence-corrected chi connectivity index (χ1v) is 11.3. The summed E-state index contributed by atoms with van der Waals surface area (Å²) >= 11 is 5.83. The van der Waals surface area contributed by atoms with Crippen molar-refractivity contribution in [3.63, 3.8) is 0 Å². The highest BCUT2D eigenvalue weighted by molar-refractivity contribution is 6.72. The summed E-state index contributed by atoms with van der Waals surface area (Å²) < 4.78 is 0. The van der Waals surface area contributed by atoms with Crippen LogP contribution in [0.2, 0.25) is 23.2 Å². The van der Waals surface area contributed by atoms with E-state index in [4.69, 9.17) is 17.3 Å². The summed E-state index contributed by atoms with van der Waals surface area (Å²) in [5.41, 5.74) is 6.45. The molecule has 1 amide bonds. The van der Waals surface area contributed by atoms with Crippen LogP contribution >= 0.6 is 11.6 Å². The Morgan fingerprint density at radius 1 is 1.57 bits per heavy atom. The Morgan fingerprint density at radius 3 is 2.78 bits per heavy atom. The highest BCUT2D eigenvalue weighted by Crippen LogP contribution is 2.43. The maximum atomic E-state index is 12.6. The molecule has 23 heavy (non-hydrogen) atoms. The number of carbonyl (C=O) groups is 1. The molecule has 1 saturated heterocycles. The Hall–Kier alpha value is -1.11. The molecule has 7 heteroatoms. The number of rotatable bonds is 4. The number of hydrogen-bond acceptors (Lipinski definition) is 4. The lowest BCUT2D eigenvalue weighted by Crippen LogP contribution is -2.40. The van der Waals surface area contributed by atoms with Crippen LogP contribution in [0.3, 0.4) is 0 Å². The highest BCUT2D eigenvalue weighted by Gasteiger charge is 2.41. The Labute approximate surface area is 144 Å². The predicted molar refractivity (Wildman–Crippen MR) is 96.0 cm³/mol. The first kappa shape index (κ1) is 18.2. The minimum Gasteiger partial charge on any atom is -0.432 e. The van der Waals surface area contributed by atoms with Gasteiger partial charge >= 0.3 is 0 Å². The van der Waals surface area contributed by atoms with E-state index in [0.717, 1.165) is 12.8 Å². The molecule has 0 spiro atoms. The van der Waals surface area contributed by atoms with Crippen LogP contribution in [0.4, 0.5) is 5.69 Å². The van der Waals surface area contributed by atoms with Crippen molar-refractivity contribution >= 4 is 31.5 Å². The van der Waals surface area contributed by atoms with E-state index in [0.29, 0.717) is 29.7 Å². The Bertz CT molecular complexity index is 601. The van der Waals surface area contributed by atoms with Gasteiger partial charge in [-0.1, -0.05) is 25.4 Å². The number of nitrogen functional groups attached to an aromatic ring is 1. The SMILES string of the molecule is CC(C)(CC1CCN(C(=O)c2ncc(Cl)cc2N)C1)[Si](C)(C)O. The first-order chi connectivity index (χ1) is 10.5. The molecule has 2 rings (SSSR count). The number of aromatic nitrogens is 1. The normalized spacial score (nSPS) is 19.2. The van der Waals surface area contributed by atoms with Crippen molar-refractivity contribution in [3.8, 4) is 0 Å². The summed E-state index contributed by atoms with van der Waals surface area (Å²) in [7, 11) is -2.23. The van der Waals surface area contributed by atoms with E-state index in [1.165, 1.54) is 6.20 Å². The fourth-order valence-electron chi connectivity index (χ4n) is 2.94. The van der Waals surface area contributed by atoms with Gasteiger partial charge in [0.05, 0.1) is 10.7 Å². The molecule has 5 nitrogen and oxygen atoms in total. The Balaban J connectivity index is 2.04. The topological polar surface area (TPSA) is 79.5 Å². The Morgan fingerprint density at radius 2 is 2.22 bits per heavy atom. The zero-order valence-electron chi connectivity index (χ0n) is 14.3. The second-order valence-corrected chi connectivity index (χ2v) is 12.6. The van der Waals surface area contributed by atoms with Crippen molar-refractivity contribution in [1.29, 1.82) is 0 Å². The maximum absolute atomic E-state index is 12.6. The van der Waals surface area contributed by atoms with Crippen LogP contribution in [0.15, 0.2) is 12.3 Å². The van der Waals surface area contributed by atoms with Gasteiger partial charge in [-0.05, 0) is 43.0 Å². The molecule has 1 aromatic heterocycles. The molecular weight excluding hydrogens is 330 g/mol. The molecule has 0 aromatic carbocycles. The number of carbonyl (C=O) groups excluding carboxylic acids is 1. The molecule has 1 fully saturated rings. The lowest BCUT2D eigenvalue weighted by Gasteiger charge is -2.37. The monoisotopic (exact) mass is 355 g/mol. The molecule has 1 atom stereocenters. The first-order valence-electron chi connectivity index (χ1n) is 7.94. The van der Waals surface area contributed by atoms with Gasteiger partial charge in [-0.25, -0.2) is 4.98 Å². The number of pyridine rings is 1. The van der Waals surface area contributed by atoms with E-state index < -0.39 is 8.32 Å². The van der Waals surface area contributed by atoms with Crippen LogP contribution in [0, 0.1) is 5.92 Å². The summed E-state index contributed by atoms with van der Waals surface area (Å²) in [5.74, 6) is 0.265. The molecule has 0 radical (unpaired) electrons. The van der Waals surface area contributed by atoms with Gasteiger partial charge in [-0.3, -0.25) is 4.79 Å². The van der Waals surface area contributed by atoms with E-state index >= 15 is 0 Å². The van der Waals surface area contributed by atoms with E-state index in [-0.39, 0.29) is 16.6 Å². The third kappa shape index (κ3) is 4.05. The Kier molecular flexibility index (Phi) is 5.08. The van der Waals surface area contributed by atoms with E-state index in [2.05, 4.69) is 18.8 Å². The van der Waals surface area contributed by atoms with E-state index in [9.17, 15) is 9.59 Å². The summed E-state index contributed by atoms with van der Waals surface area (Å²) in [5, 5.41) is 0.351. The molecule has 1 aromatic rings. The van der Waals surface area contributed by atoms with E-state index in [1.54, 1.807) is 11.0 Å². The van der Waals surface area contributed by atoms with Crippen molar-refractivity contribution in [3.05, 3.63) is 23.0 Å². The molecular formula is C16H26ClN3O2Si. The molecule has 3 N–H and O–H groups in total. The van der Waals surface area contributed by atoms with E-state index in [1.807, 2.05) is 13.1 Å². The minimum atomic E-state index is -2.23. The number of hydrogen-bond donors (Lipinski definition) is 2. The third-order valence-corrected chi connectivity index (χ3v) is 8.84. The van der Waals surface area contributed by atoms with Crippen molar-refractivity contribution in [1.82, 2.24) is 9.88 Å². The molecule has 1 aliphatic rings. The second-order valence-electron chi connectivity index (χ2n) is 7.64. The van der Waals surface area contributed by atoms with Crippen LogP contribution in [-0.4, -0.2) is 42.0 Å². The van der Waals surface area contributed by atoms with Crippen LogP contribution in [-0.2, 0) is 0 Å². The smallest absolute Gasteiger partial charge is 0.274 e. The molecule has 128 valence electrons. The van der Waals surface area contributed by atoms with Crippen molar-refractivity contribution in [2.45, 2.75) is 44.8 Å². The van der Waals surface area contributed by atoms with Crippen LogP contribution in [0.1, 0.15) is 37.2 Å². The zero-order valence-corrected chi connectivity index (χ0v) is 16.0. The average Bonchev–Trinajstić information content (AvgIpc) is 2.84. The van der Waals surface area contributed by atoms with Gasteiger partial charge in [0.1, 0.15) is 0 Å². The number of nitrogens with two attached hydrogens (primary N) is 1. The largest absolute Gasteiger partial charge is 0.432 e. The van der Waals surface area contributed by atoms with Gasteiger partial charge in [0.15, 0.2) is 14.0 Å². The average molecular weight is 356 g/mol. The summed E-state index contributed by atoms with van der Waals surface area (Å²) in [4.78, 5) is 28.9. The van der Waals surface area contributed by atoms with Crippen LogP contribution in [0.25, 0.3) is 0 Å². The van der Waals surface area contributed by atoms with Gasteiger partial charge in [-0.15, -0.1) is 0 Å². The fourth-order valence-corrected chi connectivity index (χ4v) is 3.89. The molecule has 0 bridgehead atoms. The van der Waals surface area contributed by atoms with Gasteiger partial charge in [0.25, 0.3) is 5.91 Å².